The Labute approximate surface area is 257 Å². The van der Waals surface area contributed by atoms with Crippen LogP contribution in [0, 0.1) is 10.1 Å². The number of ether oxygens (including phenoxy) is 1. The molecule has 0 spiro atoms. The molecule has 44 heavy (non-hydrogen) atoms. The summed E-state index contributed by atoms with van der Waals surface area (Å²) in [6.45, 7) is 0.132. The van der Waals surface area contributed by atoms with Crippen LogP contribution in [0.3, 0.4) is 0 Å². The number of hydrogen-bond donors (Lipinski definition) is 0. The summed E-state index contributed by atoms with van der Waals surface area (Å²) in [7, 11) is 0. The summed E-state index contributed by atoms with van der Waals surface area (Å²) in [5, 5.41) is 19.8. The molecule has 0 saturated heterocycles. The molecule has 0 aliphatic carbocycles. The molecule has 10 heteroatoms. The third-order valence-electron chi connectivity index (χ3n) is 7.22. The van der Waals surface area contributed by atoms with Gasteiger partial charge >= 0.3 is 5.69 Å². The average Bonchev–Trinajstić information content (AvgIpc) is 3.48. The maximum Gasteiger partial charge on any atom is 0.312 e. The SMILES string of the molecule is O=c1c2ccccc2nc(-c2cc3ccccc3o2)n1N=Cc1cc(Br)c(OCc2cccc3ccccc23)c([N+](=O)[O-])c1. The van der Waals surface area contributed by atoms with E-state index in [2.05, 4.69) is 26.0 Å². The third kappa shape index (κ3) is 5.01. The van der Waals surface area contributed by atoms with Crippen molar-refractivity contribution in [1.29, 1.82) is 0 Å². The van der Waals surface area contributed by atoms with Crippen molar-refractivity contribution >= 4 is 60.5 Å². The van der Waals surface area contributed by atoms with E-state index >= 15 is 0 Å². The summed E-state index contributed by atoms with van der Waals surface area (Å²) in [5.74, 6) is 0.646. The van der Waals surface area contributed by atoms with Gasteiger partial charge in [0.25, 0.3) is 5.56 Å². The molecular formula is C34H21BrN4O5. The Morgan fingerprint density at radius 3 is 2.45 bits per heavy atom. The average molecular weight is 645 g/mol. The number of benzene rings is 5. The normalized spacial score (nSPS) is 11.6. The molecule has 0 fully saturated rings. The lowest BCUT2D eigenvalue weighted by molar-refractivity contribution is -0.386. The Kier molecular flexibility index (Phi) is 6.95. The van der Waals surface area contributed by atoms with E-state index in [0.717, 1.165) is 26.4 Å². The van der Waals surface area contributed by atoms with Crippen molar-refractivity contribution in [2.45, 2.75) is 6.61 Å². The van der Waals surface area contributed by atoms with Crippen LogP contribution in [0.2, 0.25) is 0 Å². The van der Waals surface area contributed by atoms with Gasteiger partial charge in [0.2, 0.25) is 11.6 Å². The van der Waals surface area contributed by atoms with Gasteiger partial charge in [-0.25, -0.2) is 4.98 Å². The van der Waals surface area contributed by atoms with Crippen molar-refractivity contribution in [2.75, 3.05) is 0 Å². The lowest BCUT2D eigenvalue weighted by Crippen LogP contribution is -2.20. The second-order valence-electron chi connectivity index (χ2n) is 10.00. The third-order valence-corrected chi connectivity index (χ3v) is 7.81. The number of fused-ring (bicyclic) bond motifs is 3. The molecule has 0 radical (unpaired) electrons. The van der Waals surface area contributed by atoms with Crippen molar-refractivity contribution in [2.24, 2.45) is 5.10 Å². The molecule has 214 valence electrons. The Morgan fingerprint density at radius 2 is 1.64 bits per heavy atom. The highest BCUT2D eigenvalue weighted by atomic mass is 79.9. The van der Waals surface area contributed by atoms with Crippen LogP contribution < -0.4 is 10.3 Å². The van der Waals surface area contributed by atoms with Crippen molar-refractivity contribution in [3.8, 4) is 17.3 Å². The molecule has 7 aromatic rings. The summed E-state index contributed by atoms with van der Waals surface area (Å²) in [6, 6.07) is 33.0. The zero-order chi connectivity index (χ0) is 30.2. The minimum absolute atomic E-state index is 0.0904. The maximum atomic E-state index is 13.6. The summed E-state index contributed by atoms with van der Waals surface area (Å²) in [4.78, 5) is 29.9. The highest BCUT2D eigenvalue weighted by Crippen LogP contribution is 2.37. The Balaban J connectivity index is 1.28. The van der Waals surface area contributed by atoms with Gasteiger partial charge in [0.05, 0.1) is 26.5 Å². The summed E-state index contributed by atoms with van der Waals surface area (Å²) in [5.41, 5.74) is 1.74. The van der Waals surface area contributed by atoms with Crippen LogP contribution in [0.4, 0.5) is 5.69 Å². The molecule has 2 aromatic heterocycles. The highest BCUT2D eigenvalue weighted by molar-refractivity contribution is 9.10. The Hall–Kier alpha value is -5.61. The van der Waals surface area contributed by atoms with E-state index in [1.807, 2.05) is 66.7 Å². The summed E-state index contributed by atoms with van der Waals surface area (Å²) >= 11 is 3.45. The standard InChI is InChI=1S/C34H21BrN4O5/c35-27-16-21(17-29(39(41)42)32(27)43-20-24-11-7-10-22-8-1-3-12-25(22)24)19-36-38-33(31-18-23-9-2-6-15-30(23)44-31)37-28-14-5-4-13-26(28)34(38)40/h1-19H,20H2. The van der Waals surface area contributed by atoms with E-state index < -0.39 is 10.5 Å². The molecule has 2 heterocycles. The first-order valence-corrected chi connectivity index (χ1v) is 14.4. The number of nitrogens with zero attached hydrogens (tertiary/aromatic N) is 4. The van der Waals surface area contributed by atoms with Crippen LogP contribution in [0.25, 0.3) is 44.2 Å². The molecule has 0 amide bonds. The lowest BCUT2D eigenvalue weighted by atomic mass is 10.1. The molecule has 0 N–H and O–H groups in total. The number of nitro groups is 1. The summed E-state index contributed by atoms with van der Waals surface area (Å²) < 4.78 is 13.5. The van der Waals surface area contributed by atoms with Crippen molar-refractivity contribution in [3.63, 3.8) is 0 Å². The molecule has 7 rings (SSSR count). The number of nitro benzene ring substituents is 1. The molecule has 0 unspecified atom stereocenters. The number of halogens is 1. The van der Waals surface area contributed by atoms with Crippen LogP contribution in [0.5, 0.6) is 5.75 Å². The fraction of sp³-hybridized carbons (Fsp3) is 0.0294. The van der Waals surface area contributed by atoms with Gasteiger partial charge in [-0.05, 0) is 62.6 Å². The molecule has 0 aliphatic heterocycles. The first-order chi connectivity index (χ1) is 21.5. The van der Waals surface area contributed by atoms with Gasteiger partial charge in [-0.2, -0.15) is 9.78 Å². The molecule has 0 saturated carbocycles. The monoisotopic (exact) mass is 644 g/mol. The van der Waals surface area contributed by atoms with Gasteiger partial charge in [-0.1, -0.05) is 72.8 Å². The van der Waals surface area contributed by atoms with E-state index in [1.165, 1.54) is 12.3 Å². The lowest BCUT2D eigenvalue weighted by Gasteiger charge is -2.12. The van der Waals surface area contributed by atoms with Crippen molar-refractivity contribution in [1.82, 2.24) is 9.66 Å². The largest absolute Gasteiger partial charge is 0.481 e. The minimum Gasteiger partial charge on any atom is -0.481 e. The predicted molar refractivity (Wildman–Crippen MR) is 173 cm³/mol. The Morgan fingerprint density at radius 1 is 0.909 bits per heavy atom. The van der Waals surface area contributed by atoms with E-state index in [1.54, 1.807) is 36.4 Å². The molecule has 9 nitrogen and oxygen atoms in total. The zero-order valence-corrected chi connectivity index (χ0v) is 24.5. The summed E-state index contributed by atoms with van der Waals surface area (Å²) in [6.07, 6.45) is 1.37. The highest BCUT2D eigenvalue weighted by Gasteiger charge is 2.21. The first kappa shape index (κ1) is 27.2. The fourth-order valence-corrected chi connectivity index (χ4v) is 5.71. The molecule has 0 aliphatic rings. The van der Waals surface area contributed by atoms with Gasteiger partial charge < -0.3 is 9.15 Å². The van der Waals surface area contributed by atoms with Gasteiger partial charge in [-0.3, -0.25) is 14.9 Å². The number of furan rings is 1. The molecule has 0 atom stereocenters. The van der Waals surface area contributed by atoms with E-state index in [9.17, 15) is 14.9 Å². The van der Waals surface area contributed by atoms with Gasteiger partial charge in [0, 0.05) is 17.0 Å². The molecule has 0 bridgehead atoms. The van der Waals surface area contributed by atoms with Crippen molar-refractivity contribution in [3.05, 3.63) is 145 Å². The van der Waals surface area contributed by atoms with Crippen LogP contribution >= 0.6 is 15.9 Å². The number of aromatic nitrogens is 2. The second kappa shape index (κ2) is 11.2. The Bertz CT molecular complexity index is 2290. The van der Waals surface area contributed by atoms with Gasteiger partial charge in [-0.15, -0.1) is 0 Å². The molecular weight excluding hydrogens is 624 g/mol. The predicted octanol–water partition coefficient (Wildman–Crippen LogP) is 8.09. The fourth-order valence-electron chi connectivity index (χ4n) is 5.13. The van der Waals surface area contributed by atoms with Crippen LogP contribution in [-0.2, 0) is 6.61 Å². The number of hydrogen-bond acceptors (Lipinski definition) is 7. The van der Waals surface area contributed by atoms with Crippen molar-refractivity contribution < 1.29 is 14.1 Å². The van der Waals surface area contributed by atoms with Crippen LogP contribution in [-0.4, -0.2) is 20.8 Å². The molecule has 5 aromatic carbocycles. The van der Waals surface area contributed by atoms with Crippen LogP contribution in [0.15, 0.2) is 128 Å². The van der Waals surface area contributed by atoms with Gasteiger partial charge in [0.15, 0.2) is 5.76 Å². The first-order valence-electron chi connectivity index (χ1n) is 13.6. The van der Waals surface area contributed by atoms with E-state index in [4.69, 9.17) is 9.15 Å². The minimum atomic E-state index is -0.510. The number of para-hydroxylation sites is 2. The second-order valence-corrected chi connectivity index (χ2v) is 10.9. The van der Waals surface area contributed by atoms with Gasteiger partial charge in [0.1, 0.15) is 12.2 Å². The zero-order valence-electron chi connectivity index (χ0n) is 22.9. The number of rotatable bonds is 7. The van der Waals surface area contributed by atoms with E-state index in [0.29, 0.717) is 32.3 Å². The maximum absolute atomic E-state index is 13.6. The topological polar surface area (TPSA) is 113 Å². The smallest absolute Gasteiger partial charge is 0.312 e. The quantitative estimate of drug-likeness (QED) is 0.0984. The van der Waals surface area contributed by atoms with E-state index in [-0.39, 0.29) is 23.9 Å². The van der Waals surface area contributed by atoms with Crippen LogP contribution in [0.1, 0.15) is 11.1 Å².